The van der Waals surface area contributed by atoms with E-state index < -0.39 is 70.4 Å². The van der Waals surface area contributed by atoms with Crippen molar-refractivity contribution < 1.29 is 68.2 Å². The fourth-order valence-corrected chi connectivity index (χ4v) is 9.34. The molecule has 4 aliphatic carbocycles. The number of nitrogens with one attached hydrogen (secondary N) is 1. The van der Waals surface area contributed by atoms with Gasteiger partial charge in [0.05, 0.1) is 25.9 Å². The van der Waals surface area contributed by atoms with Crippen LogP contribution in [0.4, 0.5) is 4.79 Å². The molecule has 8 atom stereocenters. The first-order valence-corrected chi connectivity index (χ1v) is 18.5. The monoisotopic (exact) mass is 769 g/mol. The van der Waals surface area contributed by atoms with E-state index in [1.807, 2.05) is 0 Å². The topological polar surface area (TPSA) is 270 Å². The Morgan fingerprint density at radius 3 is 2.28 bits per heavy atom. The number of hydrogen-bond donors (Lipinski definition) is 3. The van der Waals surface area contributed by atoms with Gasteiger partial charge >= 0.3 is 12.1 Å². The summed E-state index contributed by atoms with van der Waals surface area (Å²) in [5.74, 6) is -2.44. The quantitative estimate of drug-likeness (QED) is 0.0695. The Morgan fingerprint density at radius 1 is 0.926 bits per heavy atom. The van der Waals surface area contributed by atoms with Crippen LogP contribution in [0.3, 0.4) is 0 Å². The first kappa shape index (κ1) is 42.4. The highest BCUT2D eigenvalue weighted by molar-refractivity contribution is 5.92. The molecule has 0 bridgehead atoms. The fourth-order valence-electron chi connectivity index (χ4n) is 9.34. The van der Waals surface area contributed by atoms with Gasteiger partial charge in [-0.1, -0.05) is 25.8 Å². The number of carbonyl (C=O) groups excluding carboxylic acids is 5. The number of esters is 1. The molecule has 0 aromatic carbocycles. The van der Waals surface area contributed by atoms with Crippen molar-refractivity contribution in [2.75, 3.05) is 33.0 Å². The van der Waals surface area contributed by atoms with Crippen molar-refractivity contribution in [3.63, 3.8) is 0 Å². The van der Waals surface area contributed by atoms with Gasteiger partial charge in [0.2, 0.25) is 11.7 Å². The van der Waals surface area contributed by atoms with Gasteiger partial charge in [-0.05, 0) is 93.5 Å². The van der Waals surface area contributed by atoms with Gasteiger partial charge in [0, 0.05) is 18.3 Å². The van der Waals surface area contributed by atoms with E-state index in [2.05, 4.69) is 21.9 Å². The van der Waals surface area contributed by atoms with Crippen LogP contribution in [0.1, 0.15) is 97.3 Å². The number of ether oxygens (including phenoxy) is 3. The van der Waals surface area contributed by atoms with Crippen molar-refractivity contribution in [1.82, 2.24) is 5.32 Å². The maximum absolute atomic E-state index is 13.6. The van der Waals surface area contributed by atoms with Gasteiger partial charge in [0.1, 0.15) is 12.2 Å². The van der Waals surface area contributed by atoms with Crippen molar-refractivity contribution in [3.8, 4) is 0 Å². The molecule has 4 aliphatic rings. The number of amides is 1. The Kier molecular flexibility index (Phi) is 14.3. The van der Waals surface area contributed by atoms with E-state index in [0.717, 1.165) is 12.0 Å². The molecular formula is C35H51N3O16. The van der Waals surface area contributed by atoms with E-state index in [1.54, 1.807) is 13.0 Å². The second kappa shape index (κ2) is 18.3. The maximum atomic E-state index is 13.6. The minimum atomic E-state index is -1.90. The number of carbonyl (C=O) groups is 5. The lowest BCUT2D eigenvalue weighted by Crippen LogP contribution is -2.62. The van der Waals surface area contributed by atoms with Crippen LogP contribution >= 0.6 is 0 Å². The van der Waals surface area contributed by atoms with Gasteiger partial charge in [-0.25, -0.2) is 9.59 Å². The molecule has 1 amide bonds. The number of rotatable bonds is 20. The van der Waals surface area contributed by atoms with Crippen molar-refractivity contribution in [1.29, 1.82) is 0 Å². The fraction of sp³-hybridized carbons (Fsp3) is 0.800. The summed E-state index contributed by atoms with van der Waals surface area (Å²) in [6, 6.07) is -1.49. The molecule has 19 nitrogen and oxygen atoms in total. The summed E-state index contributed by atoms with van der Waals surface area (Å²) in [6.07, 6.45) is 4.16. The molecule has 0 radical (unpaired) electrons. The van der Waals surface area contributed by atoms with Crippen molar-refractivity contribution >= 4 is 29.6 Å². The molecular weight excluding hydrogens is 718 g/mol. The lowest BCUT2D eigenvalue weighted by atomic mass is 9.45. The summed E-state index contributed by atoms with van der Waals surface area (Å²) in [4.78, 5) is 92.7. The number of allylic oxidation sites excluding steroid dienone is 1. The lowest BCUT2D eigenvalue weighted by Gasteiger charge is -2.60. The predicted octanol–water partition coefficient (Wildman–Crippen LogP) is 2.73. The molecule has 0 aliphatic heterocycles. The van der Waals surface area contributed by atoms with E-state index in [4.69, 9.17) is 14.2 Å². The minimum absolute atomic E-state index is 0.0192. The van der Waals surface area contributed by atoms with Gasteiger partial charge in [0.15, 0.2) is 18.4 Å². The predicted molar refractivity (Wildman–Crippen MR) is 182 cm³/mol. The minimum Gasteiger partial charge on any atom is -0.464 e. The third-order valence-electron chi connectivity index (χ3n) is 12.0. The number of fused-ring (bicyclic) bond motifs is 5. The highest BCUT2D eigenvalue weighted by atomic mass is 17.0. The van der Waals surface area contributed by atoms with Gasteiger partial charge in [0.25, 0.3) is 10.2 Å². The van der Waals surface area contributed by atoms with Crippen LogP contribution in [0.2, 0.25) is 0 Å². The van der Waals surface area contributed by atoms with Crippen LogP contribution in [0.5, 0.6) is 0 Å². The van der Waals surface area contributed by atoms with Crippen LogP contribution in [-0.4, -0.2) is 101 Å². The van der Waals surface area contributed by atoms with Crippen LogP contribution in [0.15, 0.2) is 11.6 Å². The standard InChI is InChI=1S/C35H51N3O16/c1-33-13-11-23(39)18-22(33)9-10-24-25-12-14-35(45,34(25,2)19-27(40)30(24)33)28(41)21-52-32(44)51-20-26(31(43)50-15-6-7-17-54-38(48)49)36-29(42)8-4-3-5-16-53-37(46)47/h18,24-27,30,40,45H,3-17,19-21H2,1-2H3,(H,36,42)/t24-,25-,26?,27-,30+,33-,34-,35-/m0/s1. The average molecular weight is 770 g/mol. The Labute approximate surface area is 311 Å². The molecule has 19 heteroatoms. The second-order valence-corrected chi connectivity index (χ2v) is 15.2. The van der Waals surface area contributed by atoms with Gasteiger partial charge < -0.3 is 39.4 Å². The van der Waals surface area contributed by atoms with E-state index in [9.17, 15) is 54.4 Å². The number of nitrogens with zero attached hydrogens (tertiary/aromatic N) is 2. The summed E-state index contributed by atoms with van der Waals surface area (Å²) < 4.78 is 15.3. The summed E-state index contributed by atoms with van der Waals surface area (Å²) in [7, 11) is 0. The zero-order valence-electron chi connectivity index (χ0n) is 30.7. The first-order valence-electron chi connectivity index (χ1n) is 18.5. The van der Waals surface area contributed by atoms with E-state index in [0.29, 0.717) is 44.9 Å². The third-order valence-corrected chi connectivity index (χ3v) is 12.0. The molecule has 3 fully saturated rings. The molecule has 1 unspecified atom stereocenters. The molecule has 0 aromatic rings. The highest BCUT2D eigenvalue weighted by Gasteiger charge is 2.68. The molecule has 0 aromatic heterocycles. The summed E-state index contributed by atoms with van der Waals surface area (Å²) in [5, 5.41) is 44.6. The van der Waals surface area contributed by atoms with Crippen LogP contribution in [0, 0.1) is 48.8 Å². The molecule has 3 N–H and O–H groups in total. The van der Waals surface area contributed by atoms with Crippen molar-refractivity contribution in [2.45, 2.75) is 115 Å². The Balaban J connectivity index is 1.31. The summed E-state index contributed by atoms with van der Waals surface area (Å²) in [6.45, 7) is 1.77. The molecule has 0 spiro atoms. The second-order valence-electron chi connectivity index (χ2n) is 15.2. The largest absolute Gasteiger partial charge is 0.508 e. The zero-order chi connectivity index (χ0) is 39.7. The Morgan fingerprint density at radius 2 is 1.59 bits per heavy atom. The smallest absolute Gasteiger partial charge is 0.464 e. The maximum Gasteiger partial charge on any atom is 0.508 e. The highest BCUT2D eigenvalue weighted by Crippen LogP contribution is 2.67. The molecule has 0 saturated heterocycles. The average Bonchev–Trinajstić information content (AvgIpc) is 3.38. The van der Waals surface area contributed by atoms with Crippen LogP contribution < -0.4 is 5.32 Å². The number of ketones is 2. The van der Waals surface area contributed by atoms with Gasteiger partial charge in [-0.3, -0.25) is 14.4 Å². The number of Topliss-reactive ketones (excluding diaryl/α,β-unsaturated/α-hetero) is 1. The zero-order valence-corrected chi connectivity index (χ0v) is 30.7. The van der Waals surface area contributed by atoms with Crippen LogP contribution in [0.25, 0.3) is 0 Å². The van der Waals surface area contributed by atoms with E-state index in [1.165, 1.54) is 0 Å². The van der Waals surface area contributed by atoms with Gasteiger partial charge in [-0.15, -0.1) is 20.2 Å². The molecule has 4 rings (SSSR count). The third kappa shape index (κ3) is 9.82. The van der Waals surface area contributed by atoms with Crippen LogP contribution in [-0.2, 0) is 43.1 Å². The normalized spacial score (nSPS) is 30.3. The summed E-state index contributed by atoms with van der Waals surface area (Å²) in [5.41, 5.74) is -2.19. The SMILES string of the molecule is C[C@]12CCC(=O)C=C1CC[C@@H]1[C@@H]2[C@@H](O)C[C@@]2(C)[C@H]1CC[C@]2(O)C(=O)COC(=O)OCC(NC(=O)CCCCCO[N+](=O)[O-])C(=O)OCCCCO[N+](=O)[O-]. The lowest BCUT2D eigenvalue weighted by molar-refractivity contribution is -0.757. The van der Waals surface area contributed by atoms with Gasteiger partial charge in [-0.2, -0.15) is 0 Å². The molecule has 302 valence electrons. The van der Waals surface area contributed by atoms with Crippen molar-refractivity contribution in [2.24, 2.45) is 28.6 Å². The Hall–Kier alpha value is -4.39. The summed E-state index contributed by atoms with van der Waals surface area (Å²) >= 11 is 0. The first-order chi connectivity index (χ1) is 25.5. The Bertz CT molecular complexity index is 1470. The molecule has 54 heavy (non-hydrogen) atoms. The number of hydrogen-bond acceptors (Lipinski definition) is 16. The number of aliphatic hydroxyl groups excluding tert-OH is 1. The van der Waals surface area contributed by atoms with E-state index >= 15 is 0 Å². The molecule has 0 heterocycles. The number of aliphatic hydroxyl groups is 2. The number of unbranched alkanes of at least 4 members (excludes halogenated alkanes) is 3. The van der Waals surface area contributed by atoms with E-state index in [-0.39, 0.29) is 80.9 Å². The molecule has 3 saturated carbocycles. The van der Waals surface area contributed by atoms with Crippen molar-refractivity contribution in [3.05, 3.63) is 31.9 Å².